The van der Waals surface area contributed by atoms with Crippen molar-refractivity contribution in [2.24, 2.45) is 0 Å². The van der Waals surface area contributed by atoms with Crippen LogP contribution in [0.3, 0.4) is 0 Å². The zero-order valence-corrected chi connectivity index (χ0v) is 18.3. The molecule has 0 amide bonds. The highest BCUT2D eigenvalue weighted by Gasteiger charge is 2.19. The molecule has 3 heterocycles. The number of allylic oxidation sites excluding steroid dienone is 1. The molecule has 0 fully saturated rings. The van der Waals surface area contributed by atoms with Crippen LogP contribution >= 0.6 is 11.8 Å². The largest absolute Gasteiger partial charge is 0.318 e. The molecule has 1 aromatic carbocycles. The van der Waals surface area contributed by atoms with Crippen molar-refractivity contribution in [1.82, 2.24) is 24.3 Å². The van der Waals surface area contributed by atoms with Crippen molar-refractivity contribution in [2.75, 3.05) is 5.75 Å². The molecule has 31 heavy (non-hydrogen) atoms. The summed E-state index contributed by atoms with van der Waals surface area (Å²) in [5.41, 5.74) is 4.69. The van der Waals surface area contributed by atoms with Gasteiger partial charge >= 0.3 is 0 Å². The maximum atomic E-state index is 13.1. The van der Waals surface area contributed by atoms with Gasteiger partial charge in [0.15, 0.2) is 16.8 Å². The Morgan fingerprint density at radius 2 is 1.84 bits per heavy atom. The molecule has 3 aromatic heterocycles. The summed E-state index contributed by atoms with van der Waals surface area (Å²) < 4.78 is 4.08. The molecule has 4 aromatic rings. The van der Waals surface area contributed by atoms with E-state index in [1.807, 2.05) is 66.9 Å². The van der Waals surface area contributed by atoms with E-state index in [0.29, 0.717) is 11.7 Å². The van der Waals surface area contributed by atoms with Crippen LogP contribution in [0.5, 0.6) is 0 Å². The second-order valence-electron chi connectivity index (χ2n) is 7.11. The van der Waals surface area contributed by atoms with Gasteiger partial charge in [-0.25, -0.2) is 0 Å². The van der Waals surface area contributed by atoms with Crippen LogP contribution in [0.1, 0.15) is 21.7 Å². The minimum absolute atomic E-state index is 0.0684. The average Bonchev–Trinajstić information content (AvgIpc) is 3.33. The molecule has 156 valence electrons. The molecule has 0 atom stereocenters. The van der Waals surface area contributed by atoms with E-state index in [4.69, 9.17) is 0 Å². The van der Waals surface area contributed by atoms with Crippen molar-refractivity contribution in [3.05, 3.63) is 90.5 Å². The highest BCUT2D eigenvalue weighted by molar-refractivity contribution is 7.99. The van der Waals surface area contributed by atoms with E-state index in [-0.39, 0.29) is 11.5 Å². The van der Waals surface area contributed by atoms with Crippen LogP contribution in [0.2, 0.25) is 0 Å². The SMILES string of the molecule is C=CCn1c(SCC(=O)c2cc(C)n(-c3ccccc3)c2C)nnc1-c1ccncc1. The Kier molecular flexibility index (Phi) is 6.13. The summed E-state index contributed by atoms with van der Waals surface area (Å²) in [6.45, 7) is 8.40. The zero-order valence-electron chi connectivity index (χ0n) is 17.5. The standard InChI is InChI=1S/C24H23N5OS/c1-4-14-28-23(19-10-12-25-13-11-19)26-27-24(28)31-16-22(30)21-15-17(2)29(18(21)3)20-8-6-5-7-9-20/h4-13,15H,1,14,16H2,2-3H3. The Morgan fingerprint density at radius 1 is 1.10 bits per heavy atom. The second-order valence-corrected chi connectivity index (χ2v) is 8.05. The van der Waals surface area contributed by atoms with E-state index in [2.05, 4.69) is 26.3 Å². The fraction of sp³-hybridized carbons (Fsp3) is 0.167. The number of thioether (sulfide) groups is 1. The normalized spacial score (nSPS) is 10.9. The first-order chi connectivity index (χ1) is 15.1. The molecule has 0 bridgehead atoms. The first kappa shape index (κ1) is 20.8. The van der Waals surface area contributed by atoms with E-state index < -0.39 is 0 Å². The molecule has 0 unspecified atom stereocenters. The van der Waals surface area contributed by atoms with Gasteiger partial charge in [0.05, 0.1) is 5.75 Å². The van der Waals surface area contributed by atoms with Crippen molar-refractivity contribution in [2.45, 2.75) is 25.5 Å². The smallest absolute Gasteiger partial charge is 0.192 e. The maximum Gasteiger partial charge on any atom is 0.192 e. The van der Waals surface area contributed by atoms with Crippen molar-refractivity contribution >= 4 is 17.5 Å². The lowest BCUT2D eigenvalue weighted by atomic mass is 10.2. The summed E-state index contributed by atoms with van der Waals surface area (Å²) >= 11 is 1.39. The first-order valence-electron chi connectivity index (χ1n) is 9.95. The number of rotatable bonds is 8. The molecule has 0 radical (unpaired) electrons. The van der Waals surface area contributed by atoms with Gasteiger partial charge in [-0.1, -0.05) is 36.0 Å². The summed E-state index contributed by atoms with van der Waals surface area (Å²) in [6, 6.07) is 15.8. The van der Waals surface area contributed by atoms with Crippen LogP contribution in [0, 0.1) is 13.8 Å². The summed E-state index contributed by atoms with van der Waals surface area (Å²) in [5, 5.41) is 9.34. The van der Waals surface area contributed by atoms with E-state index >= 15 is 0 Å². The lowest BCUT2D eigenvalue weighted by molar-refractivity contribution is 0.102. The highest BCUT2D eigenvalue weighted by atomic mass is 32.2. The number of para-hydroxylation sites is 1. The van der Waals surface area contributed by atoms with Crippen molar-refractivity contribution in [3.8, 4) is 17.1 Å². The van der Waals surface area contributed by atoms with Crippen molar-refractivity contribution < 1.29 is 4.79 Å². The minimum atomic E-state index is 0.0684. The van der Waals surface area contributed by atoms with Gasteiger partial charge in [-0.2, -0.15) is 0 Å². The number of nitrogens with zero attached hydrogens (tertiary/aromatic N) is 5. The predicted molar refractivity (Wildman–Crippen MR) is 124 cm³/mol. The van der Waals surface area contributed by atoms with Crippen LogP contribution in [-0.2, 0) is 6.54 Å². The lowest BCUT2D eigenvalue weighted by Crippen LogP contribution is -2.07. The molecule has 0 aliphatic carbocycles. The van der Waals surface area contributed by atoms with Gasteiger partial charge in [0, 0.05) is 47.1 Å². The highest BCUT2D eigenvalue weighted by Crippen LogP contribution is 2.26. The predicted octanol–water partition coefficient (Wildman–Crippen LogP) is 4.91. The van der Waals surface area contributed by atoms with Crippen LogP contribution in [0.25, 0.3) is 17.1 Å². The van der Waals surface area contributed by atoms with E-state index in [1.165, 1.54) is 11.8 Å². The van der Waals surface area contributed by atoms with Crippen molar-refractivity contribution in [3.63, 3.8) is 0 Å². The van der Waals surface area contributed by atoms with Gasteiger partial charge in [0.2, 0.25) is 0 Å². The molecule has 4 rings (SSSR count). The third kappa shape index (κ3) is 4.22. The molecular formula is C24H23N5OS. The van der Waals surface area contributed by atoms with Gasteiger partial charge in [0.25, 0.3) is 0 Å². The number of hydrogen-bond acceptors (Lipinski definition) is 5. The van der Waals surface area contributed by atoms with Crippen molar-refractivity contribution in [1.29, 1.82) is 0 Å². The van der Waals surface area contributed by atoms with Gasteiger partial charge in [-0.3, -0.25) is 14.3 Å². The number of carbonyl (C=O) groups is 1. The van der Waals surface area contributed by atoms with E-state index in [0.717, 1.165) is 34.0 Å². The fourth-order valence-corrected chi connectivity index (χ4v) is 4.46. The third-order valence-electron chi connectivity index (χ3n) is 5.05. The summed E-state index contributed by atoms with van der Waals surface area (Å²) in [6.07, 6.45) is 5.25. The quantitative estimate of drug-likeness (QED) is 0.226. The van der Waals surface area contributed by atoms with Gasteiger partial charge in [-0.05, 0) is 44.2 Å². The van der Waals surface area contributed by atoms with Crippen LogP contribution in [-0.4, -0.2) is 35.9 Å². The molecule has 0 N–H and O–H groups in total. The maximum absolute atomic E-state index is 13.1. The lowest BCUT2D eigenvalue weighted by Gasteiger charge is -2.10. The van der Waals surface area contributed by atoms with Gasteiger partial charge < -0.3 is 4.57 Å². The molecule has 0 aliphatic rings. The van der Waals surface area contributed by atoms with E-state index in [1.54, 1.807) is 18.5 Å². The Bertz CT molecular complexity index is 1210. The number of aryl methyl sites for hydroxylation is 1. The van der Waals surface area contributed by atoms with Gasteiger partial charge in [-0.15, -0.1) is 16.8 Å². The van der Waals surface area contributed by atoms with E-state index in [9.17, 15) is 4.79 Å². The summed E-state index contributed by atoms with van der Waals surface area (Å²) in [5.74, 6) is 1.09. The molecule has 0 saturated heterocycles. The first-order valence-corrected chi connectivity index (χ1v) is 10.9. The molecule has 0 aliphatic heterocycles. The number of aromatic nitrogens is 5. The molecular weight excluding hydrogens is 406 g/mol. The minimum Gasteiger partial charge on any atom is -0.318 e. The Labute approximate surface area is 185 Å². The Balaban J connectivity index is 1.56. The van der Waals surface area contributed by atoms with Crippen LogP contribution < -0.4 is 0 Å². The zero-order chi connectivity index (χ0) is 21.8. The molecule has 6 nitrogen and oxygen atoms in total. The number of benzene rings is 1. The molecule has 0 spiro atoms. The monoisotopic (exact) mass is 429 g/mol. The topological polar surface area (TPSA) is 65.6 Å². The Morgan fingerprint density at radius 3 is 2.55 bits per heavy atom. The molecule has 7 heteroatoms. The average molecular weight is 430 g/mol. The molecule has 0 saturated carbocycles. The summed E-state index contributed by atoms with van der Waals surface area (Å²) in [4.78, 5) is 17.1. The number of Topliss-reactive ketones (excluding diaryl/α,β-unsaturated/α-hetero) is 1. The van der Waals surface area contributed by atoms with Crippen LogP contribution in [0.4, 0.5) is 0 Å². The number of hydrogen-bond donors (Lipinski definition) is 0. The number of ketones is 1. The number of carbonyl (C=O) groups excluding carboxylic acids is 1. The fourth-order valence-electron chi connectivity index (χ4n) is 3.63. The van der Waals surface area contributed by atoms with Crippen LogP contribution in [0.15, 0.2) is 78.7 Å². The number of pyridine rings is 1. The third-order valence-corrected chi connectivity index (χ3v) is 6.01. The Hall–Kier alpha value is -3.45. The second kappa shape index (κ2) is 9.14. The van der Waals surface area contributed by atoms with Gasteiger partial charge in [0.1, 0.15) is 0 Å². The summed E-state index contributed by atoms with van der Waals surface area (Å²) in [7, 11) is 0.